The molecular weight excluding hydrogens is 442 g/mol. The van der Waals surface area contributed by atoms with Crippen molar-refractivity contribution in [1.29, 1.82) is 5.41 Å². The van der Waals surface area contributed by atoms with Crippen LogP contribution in [-0.4, -0.2) is 71.4 Å². The van der Waals surface area contributed by atoms with Crippen molar-refractivity contribution in [3.05, 3.63) is 0 Å². The smallest absolute Gasteiger partial charge is 0.407 e. The van der Waals surface area contributed by atoms with E-state index < -0.39 is 22.9 Å². The molecule has 0 radical (unpaired) electrons. The highest BCUT2D eigenvalue weighted by atomic mass is 32.2. The number of nitrogens with two attached hydrogens (primary N) is 1. The van der Waals surface area contributed by atoms with Crippen LogP contribution in [0, 0.1) is 17.2 Å². The maximum absolute atomic E-state index is 13.7. The number of amidine groups is 1. The zero-order valence-electron chi connectivity index (χ0n) is 20.4. The van der Waals surface area contributed by atoms with Crippen LogP contribution in [0.4, 0.5) is 4.79 Å². The molecule has 10 heteroatoms. The normalized spacial score (nSPS) is 22.5. The molecular formula is C23H41N5O4S. The monoisotopic (exact) mass is 483 g/mol. The SMILES string of the molecule is CCCSC(C)(C)[C@@H](NC(=O)OC)C(=O)N1C[C@H](C(=N)N)C[C@H]1C(=O)NCC1CCCCC1. The molecule has 33 heavy (non-hydrogen) atoms. The molecule has 188 valence electrons. The summed E-state index contributed by atoms with van der Waals surface area (Å²) in [5.74, 6) is 0.303. The number of rotatable bonds is 10. The molecule has 9 nitrogen and oxygen atoms in total. The van der Waals surface area contributed by atoms with Crippen LogP contribution in [0.25, 0.3) is 0 Å². The predicted octanol–water partition coefficient (Wildman–Crippen LogP) is 2.48. The minimum Gasteiger partial charge on any atom is -0.453 e. The molecule has 0 spiro atoms. The summed E-state index contributed by atoms with van der Waals surface area (Å²) < 4.78 is 4.14. The molecule has 1 aliphatic carbocycles. The van der Waals surface area contributed by atoms with Crippen LogP contribution >= 0.6 is 11.8 Å². The number of nitrogens with one attached hydrogen (secondary N) is 3. The second-order valence-electron chi connectivity index (χ2n) is 9.66. The average Bonchev–Trinajstić information content (AvgIpc) is 3.25. The van der Waals surface area contributed by atoms with Gasteiger partial charge in [0.1, 0.15) is 12.1 Å². The average molecular weight is 484 g/mol. The molecule has 2 rings (SSSR count). The molecule has 2 fully saturated rings. The molecule has 3 amide bonds. The number of hydrogen-bond acceptors (Lipinski definition) is 6. The molecule has 0 aromatic carbocycles. The van der Waals surface area contributed by atoms with Crippen LogP contribution in [0.1, 0.15) is 65.7 Å². The van der Waals surface area contributed by atoms with E-state index in [1.165, 1.54) is 31.3 Å². The van der Waals surface area contributed by atoms with Crippen LogP contribution in [0.15, 0.2) is 0 Å². The van der Waals surface area contributed by atoms with Gasteiger partial charge in [0.15, 0.2) is 0 Å². The summed E-state index contributed by atoms with van der Waals surface area (Å²) in [7, 11) is 1.26. The quantitative estimate of drug-likeness (QED) is 0.278. The van der Waals surface area contributed by atoms with Crippen LogP contribution in [0.5, 0.6) is 0 Å². The second-order valence-corrected chi connectivity index (χ2v) is 11.4. The van der Waals surface area contributed by atoms with Crippen molar-refractivity contribution in [3.63, 3.8) is 0 Å². The van der Waals surface area contributed by atoms with Crippen molar-refractivity contribution in [3.8, 4) is 0 Å². The van der Waals surface area contributed by atoms with E-state index in [2.05, 4.69) is 17.6 Å². The molecule has 5 N–H and O–H groups in total. The Kier molecular flexibility index (Phi) is 10.3. The van der Waals surface area contributed by atoms with Gasteiger partial charge in [-0.25, -0.2) is 4.79 Å². The maximum Gasteiger partial charge on any atom is 0.407 e. The molecule has 1 saturated carbocycles. The first-order chi connectivity index (χ1) is 15.6. The van der Waals surface area contributed by atoms with E-state index >= 15 is 0 Å². The molecule has 0 aromatic heterocycles. The van der Waals surface area contributed by atoms with Crippen molar-refractivity contribution >= 4 is 35.5 Å². The van der Waals surface area contributed by atoms with E-state index in [9.17, 15) is 14.4 Å². The topological polar surface area (TPSA) is 138 Å². The first kappa shape index (κ1) is 27.3. The number of thioether (sulfide) groups is 1. The highest BCUT2D eigenvalue weighted by molar-refractivity contribution is 8.00. The molecule has 0 bridgehead atoms. The highest BCUT2D eigenvalue weighted by Crippen LogP contribution is 2.33. The summed E-state index contributed by atoms with van der Waals surface area (Å²) in [5.41, 5.74) is 5.76. The summed E-state index contributed by atoms with van der Waals surface area (Å²) in [6.07, 6.45) is 6.38. The van der Waals surface area contributed by atoms with Crippen molar-refractivity contribution < 1.29 is 19.1 Å². The van der Waals surface area contributed by atoms with E-state index in [0.29, 0.717) is 18.9 Å². The maximum atomic E-state index is 13.7. The Balaban J connectivity index is 2.21. The van der Waals surface area contributed by atoms with Crippen LogP contribution in [0.3, 0.4) is 0 Å². The highest BCUT2D eigenvalue weighted by Gasteiger charge is 2.47. The molecule has 0 aromatic rings. The molecule has 0 unspecified atom stereocenters. The molecule has 3 atom stereocenters. The molecule has 1 saturated heterocycles. The van der Waals surface area contributed by atoms with Gasteiger partial charge in [0.05, 0.1) is 12.9 Å². The van der Waals surface area contributed by atoms with Gasteiger partial charge in [-0.05, 0) is 51.2 Å². The third kappa shape index (κ3) is 7.52. The number of carbonyl (C=O) groups excluding carboxylic acids is 3. The Hall–Kier alpha value is -1.97. The van der Waals surface area contributed by atoms with Crippen molar-refractivity contribution in [2.45, 2.75) is 82.5 Å². The van der Waals surface area contributed by atoms with Gasteiger partial charge < -0.3 is 26.0 Å². The van der Waals surface area contributed by atoms with E-state index in [-0.39, 0.29) is 30.1 Å². The summed E-state index contributed by atoms with van der Waals surface area (Å²) in [4.78, 5) is 40.5. The third-order valence-electron chi connectivity index (χ3n) is 6.68. The minimum atomic E-state index is -0.888. The van der Waals surface area contributed by atoms with Crippen molar-refractivity contribution in [1.82, 2.24) is 15.5 Å². The Morgan fingerprint density at radius 2 is 1.91 bits per heavy atom. The van der Waals surface area contributed by atoms with Gasteiger partial charge in [-0.2, -0.15) is 11.8 Å². The molecule has 1 heterocycles. The van der Waals surface area contributed by atoms with Gasteiger partial charge in [-0.3, -0.25) is 15.0 Å². The van der Waals surface area contributed by atoms with Gasteiger partial charge >= 0.3 is 6.09 Å². The number of alkyl carbamates (subject to hydrolysis) is 1. The zero-order valence-corrected chi connectivity index (χ0v) is 21.3. The Bertz CT molecular complexity index is 711. The minimum absolute atomic E-state index is 0.0347. The zero-order chi connectivity index (χ0) is 24.6. The van der Waals surface area contributed by atoms with E-state index in [0.717, 1.165) is 25.0 Å². The summed E-state index contributed by atoms with van der Waals surface area (Å²) in [6, 6.07) is -1.61. The summed E-state index contributed by atoms with van der Waals surface area (Å²) in [5, 5.41) is 13.6. The number of carbonyl (C=O) groups is 3. The van der Waals surface area contributed by atoms with Gasteiger partial charge in [0, 0.05) is 23.8 Å². The number of amides is 3. The van der Waals surface area contributed by atoms with Gasteiger partial charge in [-0.1, -0.05) is 26.2 Å². The second kappa shape index (κ2) is 12.5. The fourth-order valence-electron chi connectivity index (χ4n) is 4.63. The number of hydrogen-bond donors (Lipinski definition) is 4. The Morgan fingerprint density at radius 1 is 1.24 bits per heavy atom. The lowest BCUT2D eigenvalue weighted by Gasteiger charge is -2.37. The van der Waals surface area contributed by atoms with E-state index in [4.69, 9.17) is 15.9 Å². The van der Waals surface area contributed by atoms with Crippen molar-refractivity contribution in [2.24, 2.45) is 17.6 Å². The van der Waals surface area contributed by atoms with E-state index in [1.807, 2.05) is 13.8 Å². The fourth-order valence-corrected chi connectivity index (χ4v) is 5.69. The standard InChI is InChI=1S/C23H41N5O4S/c1-5-11-33-23(2,3)18(27-22(31)32-4)21(30)28-14-16(19(24)25)12-17(28)20(29)26-13-15-9-7-6-8-10-15/h15-18H,5-14H2,1-4H3,(H3,24,25)(H,26,29)(H,27,31)/t16-,17+,18+/m1/s1. The number of ether oxygens (including phenoxy) is 1. The van der Waals surface area contributed by atoms with Gasteiger partial charge in [0.2, 0.25) is 11.8 Å². The molecule has 2 aliphatic rings. The fraction of sp³-hybridized carbons (Fsp3) is 0.826. The lowest BCUT2D eigenvalue weighted by molar-refractivity contribution is -0.140. The lowest BCUT2D eigenvalue weighted by Crippen LogP contribution is -2.60. The first-order valence-corrected chi connectivity index (χ1v) is 13.0. The van der Waals surface area contributed by atoms with Gasteiger partial charge in [-0.15, -0.1) is 0 Å². The summed E-state index contributed by atoms with van der Waals surface area (Å²) in [6.45, 7) is 6.65. The summed E-state index contributed by atoms with van der Waals surface area (Å²) >= 11 is 1.59. The Morgan fingerprint density at radius 3 is 2.48 bits per heavy atom. The van der Waals surface area contributed by atoms with E-state index in [1.54, 1.807) is 11.8 Å². The first-order valence-electron chi connectivity index (χ1n) is 12.0. The van der Waals surface area contributed by atoms with Gasteiger partial charge in [0.25, 0.3) is 0 Å². The number of nitrogens with zero attached hydrogens (tertiary/aromatic N) is 1. The lowest BCUT2D eigenvalue weighted by atomic mass is 9.89. The van der Waals surface area contributed by atoms with Crippen LogP contribution in [0.2, 0.25) is 0 Å². The predicted molar refractivity (Wildman–Crippen MR) is 131 cm³/mol. The third-order valence-corrected chi connectivity index (χ3v) is 8.28. The molecule has 1 aliphatic heterocycles. The number of likely N-dealkylation sites (tertiary alicyclic amines) is 1. The van der Waals surface area contributed by atoms with Crippen molar-refractivity contribution in [2.75, 3.05) is 26.0 Å². The van der Waals surface area contributed by atoms with Crippen LogP contribution in [-0.2, 0) is 14.3 Å². The number of methoxy groups -OCH3 is 1. The largest absolute Gasteiger partial charge is 0.453 e. The van der Waals surface area contributed by atoms with Crippen LogP contribution < -0.4 is 16.4 Å². The Labute approximate surface area is 201 Å².